The Labute approximate surface area is 154 Å². The fourth-order valence-corrected chi connectivity index (χ4v) is 2.16. The second-order valence-electron chi connectivity index (χ2n) is 6.95. The van der Waals surface area contributed by atoms with Crippen LogP contribution in [0.2, 0.25) is 0 Å². The molecule has 146 valence electrons. The molecule has 2 amide bonds. The van der Waals surface area contributed by atoms with Gasteiger partial charge < -0.3 is 26.6 Å². The van der Waals surface area contributed by atoms with E-state index in [1.165, 1.54) is 0 Å². The van der Waals surface area contributed by atoms with Gasteiger partial charge in [-0.05, 0) is 12.1 Å². The normalized spacial score (nSPS) is 12.5. The van der Waals surface area contributed by atoms with E-state index in [4.69, 9.17) is 10.8 Å². The Morgan fingerprint density at radius 2 is 1.92 bits per heavy atom. The molecule has 1 rings (SSSR count). The molecule has 1 aromatic rings. The maximum atomic E-state index is 11.8. The molecular weight excluding hydrogens is 336 g/mol. The summed E-state index contributed by atoms with van der Waals surface area (Å²) < 4.78 is 2.03. The van der Waals surface area contributed by atoms with Gasteiger partial charge in [-0.1, -0.05) is 13.8 Å². The Morgan fingerprint density at radius 3 is 2.50 bits per heavy atom. The van der Waals surface area contributed by atoms with Gasteiger partial charge in [0.1, 0.15) is 12.6 Å². The molecule has 8 heteroatoms. The molecule has 0 fully saturated rings. The molecule has 0 unspecified atom stereocenters. The standard InChI is InChI=1S/C18H30N4O4/c1-18(2,13-23)16(25)17(26)20-8-4-15(24)21-12-14-5-10-22(11-6-14)9-3-7-19/h5-6,10-11,16,23,25H,3-4,7-9,12-13,19H2,1-2H3,(H-,20,21,24,26)/p+1/t16-/m0/s1. The van der Waals surface area contributed by atoms with Crippen LogP contribution < -0.4 is 20.9 Å². The van der Waals surface area contributed by atoms with Gasteiger partial charge in [-0.15, -0.1) is 0 Å². The summed E-state index contributed by atoms with van der Waals surface area (Å²) in [5.41, 5.74) is 5.53. The van der Waals surface area contributed by atoms with Crippen molar-refractivity contribution in [2.24, 2.45) is 11.1 Å². The Morgan fingerprint density at radius 1 is 1.27 bits per heavy atom. The van der Waals surface area contributed by atoms with Crippen molar-refractivity contribution in [2.45, 2.75) is 45.9 Å². The second kappa shape index (κ2) is 10.8. The van der Waals surface area contributed by atoms with Gasteiger partial charge in [0.2, 0.25) is 11.8 Å². The van der Waals surface area contributed by atoms with Crippen molar-refractivity contribution >= 4 is 11.8 Å². The van der Waals surface area contributed by atoms with Gasteiger partial charge in [-0.2, -0.15) is 0 Å². The second-order valence-corrected chi connectivity index (χ2v) is 6.95. The minimum atomic E-state index is -1.33. The first kappa shape index (κ1) is 22.0. The zero-order valence-electron chi connectivity index (χ0n) is 15.6. The minimum absolute atomic E-state index is 0.112. The van der Waals surface area contributed by atoms with E-state index in [0.717, 1.165) is 18.5 Å². The highest BCUT2D eigenvalue weighted by atomic mass is 16.3. The van der Waals surface area contributed by atoms with Crippen molar-refractivity contribution in [1.82, 2.24) is 10.6 Å². The lowest BCUT2D eigenvalue weighted by Crippen LogP contribution is -2.46. The molecular formula is C18H31N4O4+. The average Bonchev–Trinajstić information content (AvgIpc) is 2.64. The first-order valence-corrected chi connectivity index (χ1v) is 8.81. The fourth-order valence-electron chi connectivity index (χ4n) is 2.16. The smallest absolute Gasteiger partial charge is 0.249 e. The van der Waals surface area contributed by atoms with E-state index < -0.39 is 17.4 Å². The lowest BCUT2D eigenvalue weighted by molar-refractivity contribution is -0.697. The van der Waals surface area contributed by atoms with Crippen LogP contribution in [0, 0.1) is 5.41 Å². The molecule has 0 aliphatic rings. The first-order valence-electron chi connectivity index (χ1n) is 8.81. The number of aromatic nitrogens is 1. The van der Waals surface area contributed by atoms with Crippen LogP contribution in [0.4, 0.5) is 0 Å². The van der Waals surface area contributed by atoms with Gasteiger partial charge in [0, 0.05) is 43.5 Å². The molecule has 6 N–H and O–H groups in total. The van der Waals surface area contributed by atoms with Crippen LogP contribution in [0.5, 0.6) is 0 Å². The third kappa shape index (κ3) is 7.47. The molecule has 0 aliphatic carbocycles. The molecule has 0 aromatic carbocycles. The van der Waals surface area contributed by atoms with Crippen LogP contribution in [0.3, 0.4) is 0 Å². The van der Waals surface area contributed by atoms with Crippen LogP contribution in [-0.2, 0) is 22.7 Å². The molecule has 1 heterocycles. The molecule has 1 atom stereocenters. The minimum Gasteiger partial charge on any atom is -0.396 e. The number of nitrogens with zero attached hydrogens (tertiary/aromatic N) is 1. The van der Waals surface area contributed by atoms with E-state index in [1.807, 2.05) is 29.1 Å². The molecule has 8 nitrogen and oxygen atoms in total. The van der Waals surface area contributed by atoms with E-state index in [1.54, 1.807) is 13.8 Å². The van der Waals surface area contributed by atoms with Crippen molar-refractivity contribution in [2.75, 3.05) is 19.7 Å². The van der Waals surface area contributed by atoms with E-state index >= 15 is 0 Å². The summed E-state index contributed by atoms with van der Waals surface area (Å²) in [6, 6.07) is 3.87. The highest BCUT2D eigenvalue weighted by Crippen LogP contribution is 2.19. The highest BCUT2D eigenvalue weighted by Gasteiger charge is 2.32. The molecule has 0 saturated heterocycles. The largest absolute Gasteiger partial charge is 0.396 e. The Kier molecular flexibility index (Phi) is 9.18. The van der Waals surface area contributed by atoms with Crippen molar-refractivity contribution < 1.29 is 24.4 Å². The third-order valence-corrected chi connectivity index (χ3v) is 4.12. The molecule has 0 radical (unpaired) electrons. The van der Waals surface area contributed by atoms with Crippen molar-refractivity contribution in [1.29, 1.82) is 0 Å². The molecule has 26 heavy (non-hydrogen) atoms. The molecule has 0 aliphatic heterocycles. The predicted molar refractivity (Wildman–Crippen MR) is 96.7 cm³/mol. The maximum Gasteiger partial charge on any atom is 0.249 e. The maximum absolute atomic E-state index is 11.8. The van der Waals surface area contributed by atoms with E-state index in [0.29, 0.717) is 13.1 Å². The zero-order chi connectivity index (χ0) is 19.6. The van der Waals surface area contributed by atoms with Crippen LogP contribution in [0.15, 0.2) is 24.5 Å². The monoisotopic (exact) mass is 367 g/mol. The van der Waals surface area contributed by atoms with E-state index in [-0.39, 0.29) is 25.5 Å². The predicted octanol–water partition coefficient (Wildman–Crippen LogP) is -1.18. The number of nitrogens with one attached hydrogen (secondary N) is 2. The number of aliphatic hydroxyl groups is 2. The van der Waals surface area contributed by atoms with Crippen LogP contribution in [0.1, 0.15) is 32.3 Å². The number of aliphatic hydroxyl groups excluding tert-OH is 2. The topological polar surface area (TPSA) is 129 Å². The lowest BCUT2D eigenvalue weighted by Gasteiger charge is -2.27. The third-order valence-electron chi connectivity index (χ3n) is 4.12. The van der Waals surface area contributed by atoms with Gasteiger partial charge in [0.25, 0.3) is 0 Å². The summed E-state index contributed by atoms with van der Waals surface area (Å²) in [5, 5.41) is 24.3. The van der Waals surface area contributed by atoms with Crippen molar-refractivity contribution in [3.8, 4) is 0 Å². The number of aryl methyl sites for hydroxylation is 1. The van der Waals surface area contributed by atoms with Gasteiger partial charge in [-0.25, -0.2) is 4.57 Å². The number of rotatable bonds is 11. The van der Waals surface area contributed by atoms with E-state index in [9.17, 15) is 14.7 Å². The Hall–Kier alpha value is -2.03. The molecule has 1 aromatic heterocycles. The van der Waals surface area contributed by atoms with Gasteiger partial charge in [0.15, 0.2) is 12.4 Å². The van der Waals surface area contributed by atoms with Gasteiger partial charge in [-0.3, -0.25) is 9.59 Å². The van der Waals surface area contributed by atoms with Crippen molar-refractivity contribution in [3.05, 3.63) is 30.1 Å². The Balaban J connectivity index is 2.29. The molecule has 0 spiro atoms. The zero-order valence-corrected chi connectivity index (χ0v) is 15.6. The summed E-state index contributed by atoms with van der Waals surface area (Å²) >= 11 is 0. The fraction of sp³-hybridized carbons (Fsp3) is 0.611. The molecule has 0 saturated carbocycles. The SMILES string of the molecule is CC(C)(CO)[C@@H](O)C(=O)NCCC(=O)NCc1cc[n+](CCCN)cc1. The quantitative estimate of drug-likeness (QED) is 0.315. The summed E-state index contributed by atoms with van der Waals surface area (Å²) in [5.74, 6) is -0.789. The average molecular weight is 367 g/mol. The number of pyridine rings is 1. The van der Waals surface area contributed by atoms with Crippen LogP contribution in [0.25, 0.3) is 0 Å². The van der Waals surface area contributed by atoms with Crippen molar-refractivity contribution in [3.63, 3.8) is 0 Å². The summed E-state index contributed by atoms with van der Waals surface area (Å²) in [4.78, 5) is 23.6. The number of nitrogens with two attached hydrogens (primary N) is 1. The summed E-state index contributed by atoms with van der Waals surface area (Å²) in [6.07, 6.45) is 3.59. The van der Waals surface area contributed by atoms with Gasteiger partial charge in [0.05, 0.1) is 6.61 Å². The Bertz CT molecular complexity index is 575. The van der Waals surface area contributed by atoms with Crippen LogP contribution in [-0.4, -0.2) is 47.8 Å². The lowest BCUT2D eigenvalue weighted by atomic mass is 9.87. The number of hydrogen-bond acceptors (Lipinski definition) is 5. The molecule has 0 bridgehead atoms. The van der Waals surface area contributed by atoms with Crippen LogP contribution >= 0.6 is 0 Å². The number of amides is 2. The van der Waals surface area contributed by atoms with Gasteiger partial charge >= 0.3 is 0 Å². The highest BCUT2D eigenvalue weighted by molar-refractivity contribution is 5.82. The number of carbonyl (C=O) groups is 2. The summed E-state index contributed by atoms with van der Waals surface area (Å²) in [7, 11) is 0. The first-order chi connectivity index (χ1) is 12.3. The number of hydrogen-bond donors (Lipinski definition) is 5. The summed E-state index contributed by atoms with van der Waals surface area (Å²) in [6.45, 7) is 4.90. The van der Waals surface area contributed by atoms with E-state index in [2.05, 4.69) is 10.6 Å². The number of carbonyl (C=O) groups excluding carboxylic acids is 2.